The molecule has 3 atom stereocenters. The van der Waals surface area contributed by atoms with Gasteiger partial charge in [0.15, 0.2) is 11.5 Å². The van der Waals surface area contributed by atoms with Crippen LogP contribution < -0.4 is 84.0 Å². The van der Waals surface area contributed by atoms with Gasteiger partial charge in [-0.05, 0) is 37.5 Å². The molecular formula is C31H34N4Na2O11S2. The molecular weight excluding hydrogens is 714 g/mol. The van der Waals surface area contributed by atoms with Gasteiger partial charge in [0.25, 0.3) is 11.8 Å². The Hall–Kier alpha value is -2.61. The minimum atomic E-state index is -4.78. The van der Waals surface area contributed by atoms with Crippen LogP contribution in [0.2, 0.25) is 0 Å². The zero-order valence-corrected chi connectivity index (χ0v) is 33.8. The third-order valence-electron chi connectivity index (χ3n) is 8.38. The first-order chi connectivity index (χ1) is 22.7. The van der Waals surface area contributed by atoms with Crippen molar-refractivity contribution in [1.29, 1.82) is 0 Å². The van der Waals surface area contributed by atoms with Crippen LogP contribution in [0, 0.1) is 13.5 Å². The summed E-state index contributed by atoms with van der Waals surface area (Å²) in [5, 5.41) is 4.55. The minimum absolute atomic E-state index is 0. The van der Waals surface area contributed by atoms with E-state index < -0.39 is 32.1 Å². The maximum atomic E-state index is 13.3. The van der Waals surface area contributed by atoms with Gasteiger partial charge in [0, 0.05) is 37.3 Å². The van der Waals surface area contributed by atoms with Gasteiger partial charge in [0.1, 0.15) is 21.2 Å². The summed E-state index contributed by atoms with van der Waals surface area (Å²) in [6.45, 7) is 12.8. The summed E-state index contributed by atoms with van der Waals surface area (Å²) in [6, 6.07) is 5.74. The molecule has 0 aromatic heterocycles. The van der Waals surface area contributed by atoms with Crippen molar-refractivity contribution in [2.75, 3.05) is 44.0 Å². The number of fused-ring (bicyclic) bond motifs is 4. The molecule has 0 radical (unpaired) electrons. The number of nitrogens with zero attached hydrogens (tertiary/aromatic N) is 2. The SMILES string of the molecule is C=C1C[C@H]2[CH-]Nc3cc(OCCCOc4cc5c(cc4C)C(=O)N4CC(=C)C[C@H]4C(S(=O)(=O)[O-])N5)c(OC)cc3C(=O)N2C1.O=S(=O)=O.[Na+].[Na+]. The van der Waals surface area contributed by atoms with E-state index >= 15 is 0 Å². The molecule has 0 aliphatic carbocycles. The number of ether oxygens (including phenoxy) is 3. The van der Waals surface area contributed by atoms with Gasteiger partial charge in [0.2, 0.25) is 0 Å². The number of benzene rings is 2. The summed E-state index contributed by atoms with van der Waals surface area (Å²) in [4.78, 5) is 29.7. The van der Waals surface area contributed by atoms with E-state index in [0.29, 0.717) is 52.6 Å². The van der Waals surface area contributed by atoms with Crippen LogP contribution in [0.25, 0.3) is 0 Å². The summed E-state index contributed by atoms with van der Waals surface area (Å²) in [7, 11) is -6.38. The molecule has 2 N–H and O–H groups in total. The average Bonchev–Trinajstić information content (AvgIpc) is 3.53. The van der Waals surface area contributed by atoms with Crippen LogP contribution in [-0.2, 0) is 20.7 Å². The van der Waals surface area contributed by atoms with Crippen LogP contribution in [0.5, 0.6) is 17.2 Å². The Morgan fingerprint density at radius 2 is 1.46 bits per heavy atom. The summed E-state index contributed by atoms with van der Waals surface area (Å²) < 4.78 is 79.3. The van der Waals surface area contributed by atoms with E-state index in [1.807, 2.05) is 6.54 Å². The van der Waals surface area contributed by atoms with Crippen LogP contribution >= 0.6 is 0 Å². The maximum absolute atomic E-state index is 13.3. The molecule has 4 aliphatic rings. The van der Waals surface area contributed by atoms with Crippen molar-refractivity contribution >= 4 is 43.9 Å². The van der Waals surface area contributed by atoms with E-state index in [2.05, 4.69) is 23.8 Å². The number of aryl methyl sites for hydroxylation is 1. The third-order valence-corrected chi connectivity index (χ3v) is 9.43. The van der Waals surface area contributed by atoms with Crippen LogP contribution in [0.1, 0.15) is 45.5 Å². The van der Waals surface area contributed by atoms with Crippen molar-refractivity contribution in [2.45, 2.75) is 43.6 Å². The fourth-order valence-electron chi connectivity index (χ4n) is 6.22. The predicted octanol–water partition coefficient (Wildman–Crippen LogP) is -3.72. The van der Waals surface area contributed by atoms with E-state index in [0.717, 1.165) is 12.0 Å². The molecule has 2 fully saturated rings. The second-order valence-corrected chi connectivity index (χ2v) is 13.6. The number of carbonyl (C=O) groups excluding carboxylic acids is 2. The predicted molar refractivity (Wildman–Crippen MR) is 172 cm³/mol. The van der Waals surface area contributed by atoms with Crippen molar-refractivity contribution < 1.29 is 109 Å². The summed E-state index contributed by atoms with van der Waals surface area (Å²) in [5.74, 6) is 0.894. The Morgan fingerprint density at radius 1 is 0.900 bits per heavy atom. The molecule has 2 amide bonds. The first-order valence-corrected chi connectivity index (χ1v) is 17.3. The minimum Gasteiger partial charge on any atom is -0.746 e. The quantitative estimate of drug-likeness (QED) is 0.0879. The van der Waals surface area contributed by atoms with E-state index in [-0.39, 0.29) is 114 Å². The molecule has 6 rings (SSSR count). The molecule has 4 heterocycles. The molecule has 50 heavy (non-hydrogen) atoms. The van der Waals surface area contributed by atoms with Gasteiger partial charge < -0.3 is 39.2 Å². The van der Waals surface area contributed by atoms with Crippen molar-refractivity contribution in [3.63, 3.8) is 0 Å². The first kappa shape index (κ1) is 41.8. The van der Waals surface area contributed by atoms with Crippen LogP contribution in [0.3, 0.4) is 0 Å². The second kappa shape index (κ2) is 17.3. The standard InChI is InChI=1S/C31H35N4O8S.2Na.O3S/c1-17-8-20-14-32-23-12-28(27(41-4)11-22(23)30(36)34(20)15-17)43-7-5-6-42-26-13-24-21(10-19(26)3)31(37)35-16-18(2)9-25(35)29(33-24)44(38,39)40;;;1-4(2)3/h10-14,20,25,29,32-33H,1-2,5-9,15-16H2,3-4H3,(H,38,39,40);;;/q-1;2*+1;/p-1/t20-,25-,29?;;;/m0.../s1. The summed E-state index contributed by atoms with van der Waals surface area (Å²) in [6.07, 6.45) is 1.43. The number of amides is 2. The zero-order valence-electron chi connectivity index (χ0n) is 28.2. The Balaban J connectivity index is 0.00000107. The molecule has 2 aromatic carbocycles. The molecule has 19 heteroatoms. The van der Waals surface area contributed by atoms with Crippen molar-refractivity contribution in [3.05, 3.63) is 71.8 Å². The van der Waals surface area contributed by atoms with Crippen LogP contribution in [0.15, 0.2) is 48.6 Å². The molecule has 2 aromatic rings. The number of anilines is 2. The van der Waals surface area contributed by atoms with E-state index in [9.17, 15) is 22.6 Å². The fraction of sp³-hybridized carbons (Fsp3) is 0.387. The number of rotatable bonds is 8. The van der Waals surface area contributed by atoms with Crippen LogP contribution in [-0.4, -0.2) is 98.1 Å². The number of nitrogens with one attached hydrogen (secondary N) is 2. The number of hydrogen-bond donors (Lipinski definition) is 2. The summed E-state index contributed by atoms with van der Waals surface area (Å²) in [5.41, 5.74) is 4.02. The van der Waals surface area contributed by atoms with Gasteiger partial charge in [-0.3, -0.25) is 9.59 Å². The van der Waals surface area contributed by atoms with Crippen molar-refractivity contribution in [2.24, 2.45) is 0 Å². The molecule has 0 saturated carbocycles. The van der Waals surface area contributed by atoms with Crippen molar-refractivity contribution in [1.82, 2.24) is 9.80 Å². The van der Waals surface area contributed by atoms with E-state index in [4.69, 9.17) is 26.8 Å². The second-order valence-electron chi connectivity index (χ2n) is 11.7. The Kier molecular flexibility index (Phi) is 14.4. The first-order valence-electron chi connectivity index (χ1n) is 14.8. The average molecular weight is 749 g/mol. The molecule has 258 valence electrons. The Labute approximate surface area is 336 Å². The van der Waals surface area contributed by atoms with Gasteiger partial charge >= 0.3 is 69.7 Å². The molecule has 0 spiro atoms. The fourth-order valence-corrected chi connectivity index (χ4v) is 7.12. The van der Waals surface area contributed by atoms with E-state index in [1.165, 1.54) is 12.0 Å². The Morgan fingerprint density at radius 3 is 2.10 bits per heavy atom. The monoisotopic (exact) mass is 748 g/mol. The molecule has 1 unspecified atom stereocenters. The summed E-state index contributed by atoms with van der Waals surface area (Å²) >= 11 is 0. The molecule has 15 nitrogen and oxygen atoms in total. The van der Waals surface area contributed by atoms with Gasteiger partial charge in [-0.15, -0.1) is 12.6 Å². The van der Waals surface area contributed by atoms with Gasteiger partial charge in [-0.2, -0.15) is 0 Å². The normalized spacial score (nSPS) is 20.4. The number of methoxy groups -OCH3 is 1. The van der Waals surface area contributed by atoms with Gasteiger partial charge in [0.05, 0.1) is 43.2 Å². The molecule has 4 aliphatic heterocycles. The molecule has 2 saturated heterocycles. The largest absolute Gasteiger partial charge is 1.00 e. The smallest absolute Gasteiger partial charge is 0.746 e. The van der Waals surface area contributed by atoms with Gasteiger partial charge in [-0.1, -0.05) is 30.3 Å². The Bertz CT molecular complexity index is 1900. The third kappa shape index (κ3) is 9.24. The topological polar surface area (TPSA) is 201 Å². The zero-order chi connectivity index (χ0) is 34.9. The molecule has 0 bridgehead atoms. The maximum Gasteiger partial charge on any atom is 1.00 e. The van der Waals surface area contributed by atoms with Crippen LogP contribution in [0.4, 0.5) is 11.4 Å². The number of carbonyl (C=O) groups is 2. The van der Waals surface area contributed by atoms with Gasteiger partial charge in [-0.25, -0.2) is 15.0 Å². The number of hydrogen-bond acceptors (Lipinski definition) is 13. The van der Waals surface area contributed by atoms with Crippen molar-refractivity contribution in [3.8, 4) is 17.2 Å². The van der Waals surface area contributed by atoms with E-state index in [1.54, 1.807) is 36.1 Å².